The zero-order valence-electron chi connectivity index (χ0n) is 15.5. The van der Waals surface area contributed by atoms with Crippen LogP contribution >= 0.6 is 22.9 Å². The largest absolute Gasteiger partial charge is 0.481 e. The normalized spacial score (nSPS) is 10.9. The van der Waals surface area contributed by atoms with E-state index in [1.54, 1.807) is 0 Å². The van der Waals surface area contributed by atoms with Gasteiger partial charge in [-0.3, -0.25) is 4.79 Å². The van der Waals surface area contributed by atoms with E-state index in [0.717, 1.165) is 54.4 Å². The summed E-state index contributed by atoms with van der Waals surface area (Å²) >= 11 is 1.95. The molecule has 3 aromatic rings. The van der Waals surface area contributed by atoms with Crippen molar-refractivity contribution in [2.24, 2.45) is 0 Å². The number of hydrogen-bond donors (Lipinski definition) is 3. The van der Waals surface area contributed by atoms with Gasteiger partial charge in [-0.25, -0.2) is 13.8 Å². The van der Waals surface area contributed by atoms with E-state index in [9.17, 15) is 13.6 Å². The molecule has 154 valence electrons. The Kier molecular flexibility index (Phi) is 7.07. The van der Waals surface area contributed by atoms with E-state index in [4.69, 9.17) is 10.5 Å². The van der Waals surface area contributed by atoms with Crippen LogP contribution in [0.2, 0.25) is 0 Å². The van der Waals surface area contributed by atoms with Crippen LogP contribution in [-0.4, -0.2) is 35.5 Å². The molecule has 1 aromatic carbocycles. The number of benzene rings is 1. The number of carbonyl (C=O) groups is 1. The third-order valence-corrected chi connectivity index (χ3v) is 5.50. The Morgan fingerprint density at radius 1 is 1.28 bits per heavy atom. The number of thiazole rings is 1. The van der Waals surface area contributed by atoms with Gasteiger partial charge in [0.2, 0.25) is 5.06 Å². The molecule has 0 saturated carbocycles. The lowest BCUT2D eigenvalue weighted by atomic mass is 10.2. The van der Waals surface area contributed by atoms with Crippen LogP contribution in [-0.2, 0) is 0 Å². The summed E-state index contributed by atoms with van der Waals surface area (Å²) in [5.74, 6) is -2.16. The summed E-state index contributed by atoms with van der Waals surface area (Å²) in [5.41, 5.74) is 5.84. The molecule has 0 bridgehead atoms. The Hall–Kier alpha value is -2.63. The SMILES string of the molecule is CNCCCCOc1sncc1NC(=O)c1nc(-c2c(F)cccc2F)sc1N. The van der Waals surface area contributed by atoms with Gasteiger partial charge in [-0.05, 0) is 38.6 Å². The lowest BCUT2D eigenvalue weighted by Gasteiger charge is -2.07. The van der Waals surface area contributed by atoms with Crippen LogP contribution in [0.5, 0.6) is 5.06 Å². The van der Waals surface area contributed by atoms with E-state index in [2.05, 4.69) is 20.0 Å². The maximum atomic E-state index is 14.0. The number of ether oxygens (including phenoxy) is 1. The highest BCUT2D eigenvalue weighted by Gasteiger charge is 2.22. The maximum Gasteiger partial charge on any atom is 0.277 e. The maximum absolute atomic E-state index is 14.0. The minimum absolute atomic E-state index is 0.00676. The van der Waals surface area contributed by atoms with Gasteiger partial charge in [0.15, 0.2) is 5.69 Å². The fourth-order valence-electron chi connectivity index (χ4n) is 2.47. The highest BCUT2D eigenvalue weighted by Crippen LogP contribution is 2.35. The zero-order chi connectivity index (χ0) is 20.8. The number of rotatable bonds is 9. The third kappa shape index (κ3) is 5.05. The van der Waals surface area contributed by atoms with Crippen molar-refractivity contribution in [3.8, 4) is 15.6 Å². The number of nitrogens with zero attached hydrogens (tertiary/aromatic N) is 2. The molecule has 1 amide bonds. The molecule has 0 radical (unpaired) electrons. The van der Waals surface area contributed by atoms with E-state index in [0.29, 0.717) is 17.4 Å². The minimum Gasteiger partial charge on any atom is -0.481 e. The minimum atomic E-state index is -0.776. The van der Waals surface area contributed by atoms with Crippen molar-refractivity contribution in [2.75, 3.05) is 31.2 Å². The highest BCUT2D eigenvalue weighted by atomic mass is 32.1. The molecular formula is C18H19F2N5O2S2. The smallest absolute Gasteiger partial charge is 0.277 e. The van der Waals surface area contributed by atoms with Crippen molar-refractivity contribution < 1.29 is 18.3 Å². The Morgan fingerprint density at radius 3 is 2.76 bits per heavy atom. The van der Waals surface area contributed by atoms with Crippen LogP contribution in [0.3, 0.4) is 0 Å². The zero-order valence-corrected chi connectivity index (χ0v) is 17.1. The molecule has 4 N–H and O–H groups in total. The Bertz CT molecular complexity index is 972. The van der Waals surface area contributed by atoms with Crippen LogP contribution in [0, 0.1) is 11.6 Å². The monoisotopic (exact) mass is 439 g/mol. The first-order chi connectivity index (χ1) is 14.0. The molecule has 2 heterocycles. The molecule has 11 heteroatoms. The van der Waals surface area contributed by atoms with Crippen LogP contribution in [0.25, 0.3) is 10.6 Å². The topological polar surface area (TPSA) is 102 Å². The summed E-state index contributed by atoms with van der Waals surface area (Å²) < 4.78 is 37.7. The first-order valence-electron chi connectivity index (χ1n) is 8.75. The predicted molar refractivity (Wildman–Crippen MR) is 111 cm³/mol. The van der Waals surface area contributed by atoms with E-state index in [-0.39, 0.29) is 21.3 Å². The van der Waals surface area contributed by atoms with E-state index < -0.39 is 17.5 Å². The number of carbonyl (C=O) groups excluding carboxylic acids is 1. The number of amides is 1. The lowest BCUT2D eigenvalue weighted by Crippen LogP contribution is -2.14. The second kappa shape index (κ2) is 9.72. The third-order valence-electron chi connectivity index (χ3n) is 3.88. The highest BCUT2D eigenvalue weighted by molar-refractivity contribution is 7.19. The fraction of sp³-hybridized carbons (Fsp3) is 0.278. The van der Waals surface area contributed by atoms with Crippen molar-refractivity contribution in [3.63, 3.8) is 0 Å². The fourth-order valence-corrected chi connectivity index (χ4v) is 3.94. The molecule has 0 fully saturated rings. The Labute approximate surface area is 174 Å². The number of anilines is 2. The number of unbranched alkanes of at least 4 members (excludes halogenated alkanes) is 1. The Morgan fingerprint density at radius 2 is 2.03 bits per heavy atom. The number of nitrogens with one attached hydrogen (secondary N) is 2. The van der Waals surface area contributed by atoms with Crippen molar-refractivity contribution in [3.05, 3.63) is 41.7 Å². The van der Waals surface area contributed by atoms with Gasteiger partial charge in [0.25, 0.3) is 5.91 Å². The molecule has 0 saturated heterocycles. The van der Waals surface area contributed by atoms with Crippen molar-refractivity contribution in [1.29, 1.82) is 0 Å². The van der Waals surface area contributed by atoms with Gasteiger partial charge in [-0.15, -0.1) is 0 Å². The standard InChI is InChI=1S/C18H19F2N5O2S2/c1-22-7-2-3-8-27-18-12(9-23-29-18)24-16(26)14-15(21)28-17(25-14)13-10(19)5-4-6-11(13)20/h4-6,9,22H,2-3,7-8,21H2,1H3,(H,24,26). The summed E-state index contributed by atoms with van der Waals surface area (Å²) in [7, 11) is 1.88. The van der Waals surface area contributed by atoms with Gasteiger partial charge in [0, 0.05) is 11.5 Å². The average molecular weight is 440 g/mol. The van der Waals surface area contributed by atoms with Crippen molar-refractivity contribution in [1.82, 2.24) is 14.7 Å². The van der Waals surface area contributed by atoms with Gasteiger partial charge in [0.05, 0.1) is 18.4 Å². The van der Waals surface area contributed by atoms with Crippen LogP contribution in [0.1, 0.15) is 23.3 Å². The molecule has 0 aliphatic rings. The van der Waals surface area contributed by atoms with Gasteiger partial charge in [-0.2, -0.15) is 4.37 Å². The molecule has 7 nitrogen and oxygen atoms in total. The summed E-state index contributed by atoms with van der Waals surface area (Å²) in [6.45, 7) is 1.38. The average Bonchev–Trinajstić information content (AvgIpc) is 3.28. The molecule has 0 aliphatic heterocycles. The number of halogens is 2. The van der Waals surface area contributed by atoms with Crippen LogP contribution in [0.15, 0.2) is 24.4 Å². The lowest BCUT2D eigenvalue weighted by molar-refractivity contribution is 0.102. The summed E-state index contributed by atoms with van der Waals surface area (Å²) in [6, 6.07) is 3.49. The van der Waals surface area contributed by atoms with Gasteiger partial charge < -0.3 is 21.1 Å². The molecule has 3 rings (SSSR count). The van der Waals surface area contributed by atoms with Gasteiger partial charge in [0.1, 0.15) is 27.3 Å². The summed E-state index contributed by atoms with van der Waals surface area (Å²) in [6.07, 6.45) is 3.27. The number of nitrogen functional groups attached to an aromatic ring is 1. The predicted octanol–water partition coefficient (Wildman–Crippen LogP) is 3.76. The van der Waals surface area contributed by atoms with E-state index >= 15 is 0 Å². The molecule has 0 spiro atoms. The van der Waals surface area contributed by atoms with Crippen molar-refractivity contribution >= 4 is 39.5 Å². The quantitative estimate of drug-likeness (QED) is 0.439. The molecular weight excluding hydrogens is 420 g/mol. The molecule has 29 heavy (non-hydrogen) atoms. The van der Waals surface area contributed by atoms with Gasteiger partial charge >= 0.3 is 0 Å². The molecule has 0 atom stereocenters. The Balaban J connectivity index is 1.71. The molecule has 0 aliphatic carbocycles. The number of nitrogens with two attached hydrogens (primary N) is 1. The summed E-state index contributed by atoms with van der Waals surface area (Å²) in [5, 5.41) is 6.21. The first-order valence-corrected chi connectivity index (χ1v) is 10.3. The number of hydrogen-bond acceptors (Lipinski definition) is 8. The van der Waals surface area contributed by atoms with Gasteiger partial charge in [-0.1, -0.05) is 17.4 Å². The van der Waals surface area contributed by atoms with E-state index in [1.807, 2.05) is 7.05 Å². The van der Waals surface area contributed by atoms with E-state index in [1.165, 1.54) is 12.3 Å². The summed E-state index contributed by atoms with van der Waals surface area (Å²) in [4.78, 5) is 16.6. The van der Waals surface area contributed by atoms with Crippen molar-refractivity contribution in [2.45, 2.75) is 12.8 Å². The first kappa shape index (κ1) is 21.1. The second-order valence-electron chi connectivity index (χ2n) is 5.97. The number of aromatic nitrogens is 2. The van der Waals surface area contributed by atoms with Crippen LogP contribution < -0.4 is 21.1 Å². The van der Waals surface area contributed by atoms with Crippen LogP contribution in [0.4, 0.5) is 19.5 Å². The molecule has 2 aromatic heterocycles. The molecule has 0 unspecified atom stereocenters. The second-order valence-corrected chi connectivity index (χ2v) is 7.76.